The average Bonchev–Trinajstić information content (AvgIpc) is 1.72. The predicted octanol–water partition coefficient (Wildman–Crippen LogP) is 8.38. The molecule has 4 saturated heterocycles. The van der Waals surface area contributed by atoms with E-state index in [0.717, 1.165) is 22.3 Å². The number of nitrogens with two attached hydrogens (primary N) is 2. The minimum atomic E-state index is -1.10. The number of fused-ring (bicyclic) bond motifs is 2. The highest BCUT2D eigenvalue weighted by Crippen LogP contribution is 2.52. The summed E-state index contributed by atoms with van der Waals surface area (Å²) in [5.41, 5.74) is 13.9. The Labute approximate surface area is 504 Å². The zero-order valence-electron chi connectivity index (χ0n) is 47.5. The molecule has 7 aromatic rings. The van der Waals surface area contributed by atoms with Crippen LogP contribution in [0.3, 0.4) is 0 Å². The molecule has 4 fully saturated rings. The quantitative estimate of drug-likeness (QED) is 0.0138. The second kappa shape index (κ2) is 25.8. The van der Waals surface area contributed by atoms with Gasteiger partial charge in [-0.2, -0.15) is 0 Å². The fourth-order valence-corrected chi connectivity index (χ4v) is 11.7. The molecule has 5 N–H and O–H groups in total. The van der Waals surface area contributed by atoms with Crippen molar-refractivity contribution in [2.75, 3.05) is 13.2 Å². The maximum absolute atomic E-state index is 14.1. The first kappa shape index (κ1) is 60.3. The van der Waals surface area contributed by atoms with Crippen molar-refractivity contribution < 1.29 is 67.3 Å². The molecule has 4 amide bonds. The zero-order valence-corrected chi connectivity index (χ0v) is 47.5. The Morgan fingerprint density at radius 1 is 0.614 bits per heavy atom. The Balaban J connectivity index is 0.000000199. The van der Waals surface area contributed by atoms with Crippen LogP contribution in [0, 0.1) is 20.9 Å². The highest BCUT2D eigenvalue weighted by Gasteiger charge is 2.64. The van der Waals surface area contributed by atoms with Gasteiger partial charge in [0.15, 0.2) is 12.2 Å². The predicted molar refractivity (Wildman–Crippen MR) is 315 cm³/mol. The van der Waals surface area contributed by atoms with Gasteiger partial charge in [0.2, 0.25) is 0 Å². The number of carbonyl (C=O) groups is 7. The molecule has 4 aliphatic rings. The molecule has 6 heterocycles. The summed E-state index contributed by atoms with van der Waals surface area (Å²) in [5, 5.41) is 20.4. The molecule has 6 atom stereocenters. The van der Waals surface area contributed by atoms with Crippen LogP contribution in [-0.2, 0) is 44.7 Å². The van der Waals surface area contributed by atoms with Crippen LogP contribution in [-0.4, -0.2) is 109 Å². The lowest BCUT2D eigenvalue weighted by molar-refractivity contribution is -0.384. The third kappa shape index (κ3) is 12.9. The number of primary amides is 2. The van der Waals surface area contributed by atoms with E-state index in [1.54, 1.807) is 38.3 Å². The lowest BCUT2D eigenvalue weighted by Crippen LogP contribution is -2.58. The molecule has 4 aliphatic heterocycles. The van der Waals surface area contributed by atoms with E-state index in [-0.39, 0.29) is 54.8 Å². The molecule has 0 radical (unpaired) electrons. The molecule has 2 aromatic heterocycles. The van der Waals surface area contributed by atoms with Crippen LogP contribution in [0.15, 0.2) is 193 Å². The van der Waals surface area contributed by atoms with Crippen molar-refractivity contribution in [2.45, 2.75) is 69.7 Å². The summed E-state index contributed by atoms with van der Waals surface area (Å²) in [4.78, 5) is 113. The highest BCUT2D eigenvalue weighted by atomic mass is 16.6. The second-order valence-electron chi connectivity index (χ2n) is 22.0. The van der Waals surface area contributed by atoms with E-state index in [1.807, 2.05) is 121 Å². The fraction of sp³-hybridized carbons (Fsp3) is 0.227. The molecule has 11 rings (SSSR count). The third-order valence-corrected chi connectivity index (χ3v) is 15.9. The van der Waals surface area contributed by atoms with Gasteiger partial charge in [-0.3, -0.25) is 29.7 Å². The number of rotatable bonds is 18. The highest BCUT2D eigenvalue weighted by molar-refractivity contribution is 6.09. The van der Waals surface area contributed by atoms with Gasteiger partial charge >= 0.3 is 30.1 Å². The molecule has 0 aliphatic carbocycles. The topological polar surface area (TPSA) is 313 Å². The maximum atomic E-state index is 14.1. The number of aliphatic hydroxyl groups is 1. The third-order valence-electron chi connectivity index (χ3n) is 15.9. The Hall–Kier alpha value is -10.9. The van der Waals surface area contributed by atoms with Gasteiger partial charge in [0.1, 0.15) is 31.0 Å². The molecule has 2 unspecified atom stereocenters. The number of hydrogen-bond donors (Lipinski definition) is 3. The van der Waals surface area contributed by atoms with Crippen LogP contribution in [0.25, 0.3) is 12.2 Å². The van der Waals surface area contributed by atoms with E-state index < -0.39 is 88.1 Å². The molecule has 0 bridgehead atoms. The van der Waals surface area contributed by atoms with Gasteiger partial charge in [-0.1, -0.05) is 135 Å². The summed E-state index contributed by atoms with van der Waals surface area (Å²) in [6.07, 6.45) is 3.32. The molecule has 88 heavy (non-hydrogen) atoms. The smallest absolute Gasteiger partial charge is 0.404 e. The van der Waals surface area contributed by atoms with Gasteiger partial charge in [-0.25, -0.2) is 24.0 Å². The number of carbonyl (C=O) groups excluding carboxylic acids is 7. The summed E-state index contributed by atoms with van der Waals surface area (Å²) in [7, 11) is 0. The normalized spacial score (nSPS) is 21.5. The Bertz CT molecular complexity index is 3780. The van der Waals surface area contributed by atoms with Crippen molar-refractivity contribution in [2.24, 2.45) is 22.3 Å². The zero-order chi connectivity index (χ0) is 62.3. The van der Waals surface area contributed by atoms with Crippen LogP contribution >= 0.6 is 0 Å². The van der Waals surface area contributed by atoms with E-state index in [4.69, 9.17) is 35.2 Å². The first-order valence-electron chi connectivity index (χ1n) is 27.9. The Kier molecular flexibility index (Phi) is 17.6. The van der Waals surface area contributed by atoms with Gasteiger partial charge < -0.3 is 50.1 Å². The number of nitro benzene ring substituents is 1. The number of aliphatic hydroxyl groups excluding tert-OH is 1. The van der Waals surface area contributed by atoms with Crippen molar-refractivity contribution in [1.82, 2.24) is 19.8 Å². The summed E-state index contributed by atoms with van der Waals surface area (Å²) in [6.45, 7) is 2.98. The van der Waals surface area contributed by atoms with Crippen LogP contribution in [0.5, 0.6) is 5.75 Å². The lowest BCUT2D eigenvalue weighted by atomic mass is 9.81. The monoisotopic (exact) mass is 1190 g/mol. The minimum Gasteiger partial charge on any atom is -0.451 e. The van der Waals surface area contributed by atoms with E-state index in [9.17, 15) is 48.8 Å². The molecule has 22 heteroatoms. The SMILES string of the molecule is C[C@@]1(COC(N)=O)CC2/C(=C\c3cc(C(=O)Oc4ccc([N+](=O)[O-])cc4)ccn3)C(=O)N2[C@H]1C(=O)OC(c1ccccc1)c1ccccc1.C[C@@]1(COC(N)=O)CC2/C(=C\c3cc(CO)ccn3)C(=O)N2[C@H]1C(=O)OC(c1ccccc1)c1ccccc1. The molecular weight excluding hydrogens is 1130 g/mol. The van der Waals surface area contributed by atoms with E-state index in [0.29, 0.717) is 28.8 Å². The molecule has 0 saturated carbocycles. The van der Waals surface area contributed by atoms with Crippen LogP contribution in [0.4, 0.5) is 15.3 Å². The van der Waals surface area contributed by atoms with Gasteiger partial charge in [0.05, 0.1) is 40.6 Å². The number of nitrogens with zero attached hydrogens (tertiary/aromatic N) is 5. The summed E-state index contributed by atoms with van der Waals surface area (Å²) >= 11 is 0. The Morgan fingerprint density at radius 3 is 1.40 bits per heavy atom. The number of aromatic nitrogens is 2. The van der Waals surface area contributed by atoms with E-state index in [1.165, 1.54) is 58.5 Å². The van der Waals surface area contributed by atoms with Crippen molar-refractivity contribution >= 4 is 59.7 Å². The summed E-state index contributed by atoms with van der Waals surface area (Å²) < 4.78 is 28.0. The molecular formula is C66H59N7O15. The number of ether oxygens (including phenoxy) is 5. The lowest BCUT2D eigenvalue weighted by Gasteiger charge is -2.41. The minimum absolute atomic E-state index is 0.111. The van der Waals surface area contributed by atoms with Gasteiger partial charge in [0.25, 0.3) is 17.5 Å². The number of nitro groups is 1. The number of benzene rings is 5. The average molecular weight is 1190 g/mol. The van der Waals surface area contributed by atoms with E-state index in [2.05, 4.69) is 9.97 Å². The van der Waals surface area contributed by atoms with Crippen LogP contribution < -0.4 is 16.2 Å². The number of pyridine rings is 2. The van der Waals surface area contributed by atoms with Gasteiger partial charge in [0, 0.05) is 46.5 Å². The van der Waals surface area contributed by atoms with Crippen molar-refractivity contribution in [3.05, 3.63) is 248 Å². The van der Waals surface area contributed by atoms with Crippen molar-refractivity contribution in [1.29, 1.82) is 0 Å². The number of hydrogen-bond acceptors (Lipinski definition) is 17. The molecule has 22 nitrogen and oxygen atoms in total. The standard InChI is InChI=1S/C36H30N4O9.C30H29N3O6/c1-36(21-47-35(37)44)20-29-28(19-25-18-24(16-17-38-25)33(42)48-27-14-12-26(13-15-27)40(45)46)32(41)39(29)31(36)34(43)49-30(22-8-4-2-5-9-22)23-10-6-3-7-11-23;1-30(18-38-29(31)37)16-24-23(15-22-14-19(17-34)12-13-32-22)27(35)33(24)26(30)28(36)39-25(20-8-4-2-5-9-20)21-10-6-3-7-11-21/h2-19,29-31H,20-21H2,1H3,(H2,37,44);2-15,24-26,34H,16-18H2,1H3,(H2,31,37)/b28-19+;23-15+/t29?,31-,36-;24?,26-,30-/m00/s1. The Morgan fingerprint density at radius 2 is 1.01 bits per heavy atom. The van der Waals surface area contributed by atoms with E-state index >= 15 is 0 Å². The van der Waals surface area contributed by atoms with Crippen LogP contribution in [0.1, 0.15) is 88.5 Å². The second-order valence-corrected chi connectivity index (χ2v) is 22.0. The number of non-ortho nitro benzene ring substituents is 1. The summed E-state index contributed by atoms with van der Waals surface area (Å²) in [6, 6.07) is 45.4. The number of esters is 3. The van der Waals surface area contributed by atoms with Crippen molar-refractivity contribution in [3.63, 3.8) is 0 Å². The number of β-lactam (4-membered cyclic amide) rings is 2. The van der Waals surface area contributed by atoms with Gasteiger partial charge in [-0.05, 0) is 89.2 Å². The van der Waals surface area contributed by atoms with Gasteiger partial charge in [-0.15, -0.1) is 0 Å². The number of amides is 4. The molecule has 448 valence electrons. The van der Waals surface area contributed by atoms with Crippen LogP contribution in [0.2, 0.25) is 0 Å². The first-order valence-corrected chi connectivity index (χ1v) is 27.9. The largest absolute Gasteiger partial charge is 0.451 e. The fourth-order valence-electron chi connectivity index (χ4n) is 11.7. The summed E-state index contributed by atoms with van der Waals surface area (Å²) in [5.74, 6) is -2.65. The first-order chi connectivity index (χ1) is 42.3. The van der Waals surface area contributed by atoms with Crippen molar-refractivity contribution in [3.8, 4) is 5.75 Å². The maximum Gasteiger partial charge on any atom is 0.404 e. The molecule has 5 aromatic carbocycles. The molecule has 0 spiro atoms.